The minimum Gasteiger partial charge on any atom is -0.353 e. The van der Waals surface area contributed by atoms with Crippen LogP contribution in [0.1, 0.15) is 19.4 Å². The topological polar surface area (TPSA) is 93.4 Å². The second kappa shape index (κ2) is 8.52. The number of carbonyl (C=O) groups is 2. The second-order valence-electron chi connectivity index (χ2n) is 6.07. The largest absolute Gasteiger partial charge is 0.353 e. The van der Waals surface area contributed by atoms with Crippen LogP contribution in [0.15, 0.2) is 12.4 Å². The third-order valence-corrected chi connectivity index (χ3v) is 3.72. The zero-order chi connectivity index (χ0) is 16.7. The molecule has 2 rings (SSSR count). The zero-order valence-corrected chi connectivity index (χ0v) is 13.8. The summed E-state index contributed by atoms with van der Waals surface area (Å²) in [4.78, 5) is 27.7. The van der Waals surface area contributed by atoms with Gasteiger partial charge >= 0.3 is 6.03 Å². The lowest BCUT2D eigenvalue weighted by Crippen LogP contribution is -2.53. The lowest BCUT2D eigenvalue weighted by atomic mass is 10.2. The predicted molar refractivity (Wildman–Crippen MR) is 87.0 cm³/mol. The summed E-state index contributed by atoms with van der Waals surface area (Å²) in [6.45, 7) is 7.62. The van der Waals surface area contributed by atoms with Gasteiger partial charge < -0.3 is 15.5 Å². The highest BCUT2D eigenvalue weighted by molar-refractivity contribution is 5.78. The fourth-order valence-electron chi connectivity index (χ4n) is 2.52. The number of nitrogens with one attached hydrogen (secondary N) is 3. The Kier molecular flexibility index (Phi) is 6.40. The normalized spacial score (nSPS) is 15.7. The number of hydrogen-bond donors (Lipinski definition) is 3. The number of carbonyl (C=O) groups excluding carboxylic acids is 2. The third-order valence-electron chi connectivity index (χ3n) is 3.72. The van der Waals surface area contributed by atoms with Gasteiger partial charge in [-0.3, -0.25) is 14.8 Å². The van der Waals surface area contributed by atoms with Gasteiger partial charge in [0.05, 0.1) is 12.7 Å². The summed E-state index contributed by atoms with van der Waals surface area (Å²) in [5, 5.41) is 12.4. The first kappa shape index (κ1) is 17.3. The minimum absolute atomic E-state index is 0.0398. The first-order valence-electron chi connectivity index (χ1n) is 8.06. The van der Waals surface area contributed by atoms with Crippen LogP contribution in [0.5, 0.6) is 0 Å². The Morgan fingerprint density at radius 1 is 1.30 bits per heavy atom. The van der Waals surface area contributed by atoms with Gasteiger partial charge in [-0.1, -0.05) is 0 Å². The van der Waals surface area contributed by atoms with Gasteiger partial charge in [-0.2, -0.15) is 5.10 Å². The zero-order valence-electron chi connectivity index (χ0n) is 13.8. The molecule has 0 bridgehead atoms. The van der Waals surface area contributed by atoms with Crippen molar-refractivity contribution < 1.29 is 9.59 Å². The van der Waals surface area contributed by atoms with Crippen molar-refractivity contribution >= 4 is 11.9 Å². The van der Waals surface area contributed by atoms with E-state index in [0.29, 0.717) is 26.2 Å². The van der Waals surface area contributed by atoms with E-state index in [1.165, 1.54) is 0 Å². The average molecular weight is 322 g/mol. The van der Waals surface area contributed by atoms with Crippen LogP contribution in [-0.2, 0) is 11.2 Å². The van der Waals surface area contributed by atoms with Crippen molar-refractivity contribution in [3.05, 3.63) is 18.0 Å². The maximum absolute atomic E-state index is 12.1. The van der Waals surface area contributed by atoms with E-state index in [1.54, 1.807) is 11.1 Å². The van der Waals surface area contributed by atoms with Crippen molar-refractivity contribution in [2.75, 3.05) is 39.3 Å². The molecule has 0 unspecified atom stereocenters. The Balaban J connectivity index is 1.63. The van der Waals surface area contributed by atoms with E-state index in [9.17, 15) is 9.59 Å². The number of hydrogen-bond acceptors (Lipinski definition) is 4. The monoisotopic (exact) mass is 322 g/mol. The van der Waals surface area contributed by atoms with Crippen molar-refractivity contribution in [3.8, 4) is 0 Å². The summed E-state index contributed by atoms with van der Waals surface area (Å²) >= 11 is 0. The first-order chi connectivity index (χ1) is 11.0. The maximum Gasteiger partial charge on any atom is 0.317 e. The Labute approximate surface area is 136 Å². The number of urea groups is 1. The van der Waals surface area contributed by atoms with Crippen LogP contribution in [0, 0.1) is 0 Å². The highest BCUT2D eigenvalue weighted by atomic mass is 16.2. The van der Waals surface area contributed by atoms with Crippen molar-refractivity contribution in [1.82, 2.24) is 30.6 Å². The molecule has 3 N–H and O–H groups in total. The second-order valence-corrected chi connectivity index (χ2v) is 6.07. The summed E-state index contributed by atoms with van der Waals surface area (Å²) in [5.74, 6) is 0.0398. The van der Waals surface area contributed by atoms with Crippen molar-refractivity contribution in [2.45, 2.75) is 26.3 Å². The maximum atomic E-state index is 12.1. The molecule has 23 heavy (non-hydrogen) atoms. The molecule has 8 nitrogen and oxygen atoms in total. The van der Waals surface area contributed by atoms with Crippen LogP contribution < -0.4 is 10.6 Å². The first-order valence-corrected chi connectivity index (χ1v) is 8.06. The number of piperazine rings is 1. The Hall–Kier alpha value is -2.09. The fourth-order valence-corrected chi connectivity index (χ4v) is 2.52. The lowest BCUT2D eigenvalue weighted by molar-refractivity contribution is -0.123. The summed E-state index contributed by atoms with van der Waals surface area (Å²) in [6.07, 6.45) is 4.35. The molecule has 0 spiro atoms. The van der Waals surface area contributed by atoms with Crippen LogP contribution in [0.4, 0.5) is 4.79 Å². The molecule has 128 valence electrons. The van der Waals surface area contributed by atoms with Crippen molar-refractivity contribution in [1.29, 1.82) is 0 Å². The number of H-pyrrole nitrogens is 1. The quantitative estimate of drug-likeness (QED) is 0.676. The standard InChI is InChI=1S/C15H26N6O2/c1-12(2)19-14(22)11-20-5-7-21(8-6-20)15(23)16-4-3-13-9-17-18-10-13/h9-10,12H,3-8,11H2,1-2H3,(H,16,23)(H,17,18)(H,19,22). The minimum atomic E-state index is -0.0419. The van der Waals surface area contributed by atoms with E-state index in [-0.39, 0.29) is 18.0 Å². The number of amides is 3. The van der Waals surface area contributed by atoms with Gasteiger partial charge in [-0.25, -0.2) is 4.79 Å². The molecule has 8 heteroatoms. The summed E-state index contributed by atoms with van der Waals surface area (Å²) in [6, 6.07) is 0.115. The summed E-state index contributed by atoms with van der Waals surface area (Å²) in [5.41, 5.74) is 1.08. The molecule has 1 aromatic heterocycles. The van der Waals surface area contributed by atoms with Gasteiger partial charge in [0.2, 0.25) is 5.91 Å². The van der Waals surface area contributed by atoms with E-state index in [0.717, 1.165) is 25.1 Å². The lowest BCUT2D eigenvalue weighted by Gasteiger charge is -2.34. The highest BCUT2D eigenvalue weighted by Crippen LogP contribution is 2.02. The van der Waals surface area contributed by atoms with E-state index >= 15 is 0 Å². The van der Waals surface area contributed by atoms with Gasteiger partial charge in [0.25, 0.3) is 0 Å². The summed E-state index contributed by atoms with van der Waals surface area (Å²) in [7, 11) is 0. The molecule has 0 radical (unpaired) electrons. The molecule has 1 aromatic rings. The molecule has 0 aliphatic carbocycles. The highest BCUT2D eigenvalue weighted by Gasteiger charge is 2.22. The average Bonchev–Trinajstić information content (AvgIpc) is 3.00. The van der Waals surface area contributed by atoms with E-state index in [1.807, 2.05) is 20.0 Å². The van der Waals surface area contributed by atoms with Crippen LogP contribution in [0.3, 0.4) is 0 Å². The summed E-state index contributed by atoms with van der Waals surface area (Å²) < 4.78 is 0. The van der Waals surface area contributed by atoms with E-state index in [4.69, 9.17) is 0 Å². The van der Waals surface area contributed by atoms with E-state index < -0.39 is 0 Å². The van der Waals surface area contributed by atoms with Gasteiger partial charge in [0, 0.05) is 45.0 Å². The Morgan fingerprint density at radius 2 is 2.04 bits per heavy atom. The molecule has 0 aromatic carbocycles. The number of aromatic amines is 1. The molecular formula is C15H26N6O2. The smallest absolute Gasteiger partial charge is 0.317 e. The van der Waals surface area contributed by atoms with E-state index in [2.05, 4.69) is 25.7 Å². The number of rotatable bonds is 6. The number of nitrogens with zero attached hydrogens (tertiary/aromatic N) is 3. The van der Waals surface area contributed by atoms with Gasteiger partial charge in [-0.15, -0.1) is 0 Å². The Morgan fingerprint density at radius 3 is 2.65 bits per heavy atom. The molecule has 0 saturated carbocycles. The Bertz CT molecular complexity index is 494. The van der Waals surface area contributed by atoms with Gasteiger partial charge in [0.15, 0.2) is 0 Å². The van der Waals surface area contributed by atoms with Crippen molar-refractivity contribution in [3.63, 3.8) is 0 Å². The van der Waals surface area contributed by atoms with Crippen LogP contribution in [0.25, 0.3) is 0 Å². The van der Waals surface area contributed by atoms with Crippen LogP contribution in [0.2, 0.25) is 0 Å². The van der Waals surface area contributed by atoms with Gasteiger partial charge in [0.1, 0.15) is 0 Å². The molecule has 2 heterocycles. The molecule has 1 saturated heterocycles. The molecular weight excluding hydrogens is 296 g/mol. The molecule has 3 amide bonds. The molecule has 1 fully saturated rings. The molecule has 1 aliphatic heterocycles. The van der Waals surface area contributed by atoms with Crippen LogP contribution >= 0.6 is 0 Å². The third kappa shape index (κ3) is 5.90. The fraction of sp³-hybridized carbons (Fsp3) is 0.667. The SMILES string of the molecule is CC(C)NC(=O)CN1CCN(C(=O)NCCc2cn[nH]c2)CC1. The van der Waals surface area contributed by atoms with Gasteiger partial charge in [-0.05, 0) is 25.8 Å². The molecule has 0 atom stereocenters. The van der Waals surface area contributed by atoms with Crippen molar-refractivity contribution in [2.24, 2.45) is 0 Å². The predicted octanol–water partition coefficient (Wildman–Crippen LogP) is -0.196. The van der Waals surface area contributed by atoms with Crippen LogP contribution in [-0.4, -0.2) is 77.2 Å². The molecule has 1 aliphatic rings. The number of aromatic nitrogens is 2.